The van der Waals surface area contributed by atoms with Crippen LogP contribution in [0.15, 0.2) is 22.8 Å². The van der Waals surface area contributed by atoms with Gasteiger partial charge >= 0.3 is 12.0 Å². The van der Waals surface area contributed by atoms with Crippen LogP contribution >= 0.6 is 23.1 Å². The summed E-state index contributed by atoms with van der Waals surface area (Å²) in [6.07, 6.45) is 2.26. The Kier molecular flexibility index (Phi) is 7.79. The number of carbonyl (C=O) groups excluding carboxylic acids is 3. The smallest absolute Gasteiger partial charge is 0.321 e. The lowest BCUT2D eigenvalue weighted by Crippen LogP contribution is -2.42. The van der Waals surface area contributed by atoms with Crippen molar-refractivity contribution >= 4 is 51.2 Å². The summed E-state index contributed by atoms with van der Waals surface area (Å²) in [7, 11) is 0. The normalized spacial score (nSPS) is 10.7. The van der Waals surface area contributed by atoms with E-state index in [1.807, 2.05) is 25.3 Å². The number of amides is 3. The zero-order valence-corrected chi connectivity index (χ0v) is 16.1. The van der Waals surface area contributed by atoms with Crippen LogP contribution < -0.4 is 10.6 Å². The quantitative estimate of drug-likeness (QED) is 0.400. The number of fused-ring (bicyclic) bond motifs is 1. The highest BCUT2D eigenvalue weighted by Gasteiger charge is 2.13. The van der Waals surface area contributed by atoms with E-state index in [0.717, 1.165) is 16.6 Å². The molecule has 0 unspecified atom stereocenters. The molecule has 0 saturated carbocycles. The second-order valence-corrected chi connectivity index (χ2v) is 7.61. The van der Waals surface area contributed by atoms with Crippen molar-refractivity contribution < 1.29 is 19.1 Å². The number of thiophene rings is 1. The highest BCUT2D eigenvalue weighted by molar-refractivity contribution is 8.00. The average Bonchev–Trinajstić information content (AvgIpc) is 3.07. The summed E-state index contributed by atoms with van der Waals surface area (Å²) >= 11 is 2.70. The van der Waals surface area contributed by atoms with E-state index in [4.69, 9.17) is 4.74 Å². The molecule has 8 nitrogen and oxygen atoms in total. The molecule has 0 aromatic carbocycles. The third kappa shape index (κ3) is 6.60. The van der Waals surface area contributed by atoms with Crippen molar-refractivity contribution in [1.29, 1.82) is 0 Å². The number of nitrogens with one attached hydrogen (secondary N) is 2. The van der Waals surface area contributed by atoms with E-state index in [1.54, 1.807) is 0 Å². The maximum Gasteiger partial charge on any atom is 0.321 e. The van der Waals surface area contributed by atoms with Crippen LogP contribution in [0.5, 0.6) is 0 Å². The molecule has 0 radical (unpaired) electrons. The number of imide groups is 1. The Labute approximate surface area is 159 Å². The van der Waals surface area contributed by atoms with Crippen molar-refractivity contribution in [1.82, 2.24) is 20.6 Å². The standard InChI is InChI=1S/C16H20N4O4S2/c1-10(2)3-5-17-16(23)20-12(21)7-24-13(22)8-26-15-11-4-6-25-14(11)18-9-19-15/h4,6,9-10H,3,5,7-8H2,1-2H3,(H2,17,20,21,23). The molecule has 2 rings (SSSR count). The summed E-state index contributed by atoms with van der Waals surface area (Å²) in [6.45, 7) is 4.04. The first kappa shape index (κ1) is 20.1. The van der Waals surface area contributed by atoms with E-state index in [2.05, 4.69) is 20.6 Å². The fourth-order valence-electron chi connectivity index (χ4n) is 1.88. The summed E-state index contributed by atoms with van der Waals surface area (Å²) in [4.78, 5) is 44.0. The van der Waals surface area contributed by atoms with Crippen LogP contribution in [0, 0.1) is 5.92 Å². The topological polar surface area (TPSA) is 110 Å². The second kappa shape index (κ2) is 10.1. The zero-order valence-electron chi connectivity index (χ0n) is 14.5. The number of hydrogen-bond acceptors (Lipinski definition) is 8. The third-order valence-electron chi connectivity index (χ3n) is 3.18. The molecule has 2 N–H and O–H groups in total. The van der Waals surface area contributed by atoms with Crippen molar-refractivity contribution in [3.05, 3.63) is 17.8 Å². The lowest BCUT2D eigenvalue weighted by molar-refractivity contribution is -0.145. The lowest BCUT2D eigenvalue weighted by Gasteiger charge is -2.08. The molecule has 2 aromatic rings. The van der Waals surface area contributed by atoms with Gasteiger partial charge in [0.2, 0.25) is 0 Å². The number of aromatic nitrogens is 2. The number of carbonyl (C=O) groups is 3. The molecule has 26 heavy (non-hydrogen) atoms. The van der Waals surface area contributed by atoms with Gasteiger partial charge in [-0.25, -0.2) is 14.8 Å². The largest absolute Gasteiger partial charge is 0.455 e. The lowest BCUT2D eigenvalue weighted by atomic mass is 10.1. The number of urea groups is 1. The molecule has 2 heterocycles. The first-order chi connectivity index (χ1) is 12.5. The van der Waals surface area contributed by atoms with E-state index < -0.39 is 24.5 Å². The molecule has 2 aromatic heterocycles. The van der Waals surface area contributed by atoms with Gasteiger partial charge in [0.05, 0.1) is 5.75 Å². The summed E-state index contributed by atoms with van der Waals surface area (Å²) < 4.78 is 4.87. The van der Waals surface area contributed by atoms with Crippen LogP contribution in [0.25, 0.3) is 10.2 Å². The Morgan fingerprint density at radius 3 is 2.88 bits per heavy atom. The Morgan fingerprint density at radius 2 is 2.12 bits per heavy atom. The van der Waals surface area contributed by atoms with Gasteiger partial charge in [-0.15, -0.1) is 11.3 Å². The molecule has 0 fully saturated rings. The predicted octanol–water partition coefficient (Wildman–Crippen LogP) is 2.20. The molecule has 140 valence electrons. The zero-order chi connectivity index (χ0) is 18.9. The van der Waals surface area contributed by atoms with E-state index in [0.29, 0.717) is 17.5 Å². The molecule has 0 saturated heterocycles. The SMILES string of the molecule is CC(C)CCNC(=O)NC(=O)COC(=O)CSc1ncnc2sccc12. The van der Waals surface area contributed by atoms with Gasteiger partial charge in [0.1, 0.15) is 16.2 Å². The van der Waals surface area contributed by atoms with Crippen LogP contribution in [0.3, 0.4) is 0 Å². The monoisotopic (exact) mass is 396 g/mol. The Morgan fingerprint density at radius 1 is 1.31 bits per heavy atom. The number of thioether (sulfide) groups is 1. The summed E-state index contributed by atoms with van der Waals surface area (Å²) in [5.41, 5.74) is 0. The van der Waals surface area contributed by atoms with Gasteiger partial charge in [-0.05, 0) is 23.8 Å². The van der Waals surface area contributed by atoms with Gasteiger partial charge in [-0.3, -0.25) is 14.9 Å². The van der Waals surface area contributed by atoms with Crippen LogP contribution in [0.4, 0.5) is 4.79 Å². The van der Waals surface area contributed by atoms with E-state index in [-0.39, 0.29) is 5.75 Å². The molecule has 3 amide bonds. The van der Waals surface area contributed by atoms with Crippen LogP contribution in [-0.4, -0.2) is 46.8 Å². The van der Waals surface area contributed by atoms with Gasteiger partial charge in [-0.1, -0.05) is 25.6 Å². The fraction of sp³-hybridized carbons (Fsp3) is 0.438. The third-order valence-corrected chi connectivity index (χ3v) is 4.98. The van der Waals surface area contributed by atoms with Crippen molar-refractivity contribution in [2.45, 2.75) is 25.3 Å². The minimum atomic E-state index is -0.673. The van der Waals surface area contributed by atoms with Crippen molar-refractivity contribution in [2.75, 3.05) is 18.9 Å². The average molecular weight is 396 g/mol. The molecule has 0 aliphatic carbocycles. The highest BCUT2D eigenvalue weighted by Crippen LogP contribution is 2.27. The maximum absolute atomic E-state index is 11.8. The van der Waals surface area contributed by atoms with E-state index in [1.165, 1.54) is 29.4 Å². The van der Waals surface area contributed by atoms with Gasteiger partial charge in [-0.2, -0.15) is 0 Å². The minimum Gasteiger partial charge on any atom is -0.455 e. The molecular formula is C16H20N4O4S2. The molecular weight excluding hydrogens is 376 g/mol. The highest BCUT2D eigenvalue weighted by atomic mass is 32.2. The predicted molar refractivity (Wildman–Crippen MR) is 100 cm³/mol. The van der Waals surface area contributed by atoms with Crippen LogP contribution in [-0.2, 0) is 14.3 Å². The summed E-state index contributed by atoms with van der Waals surface area (Å²) in [6, 6.07) is 1.29. The van der Waals surface area contributed by atoms with Gasteiger partial charge < -0.3 is 10.1 Å². The van der Waals surface area contributed by atoms with Gasteiger partial charge in [0.25, 0.3) is 5.91 Å². The number of rotatable bonds is 8. The van der Waals surface area contributed by atoms with E-state index in [9.17, 15) is 14.4 Å². The number of hydrogen-bond donors (Lipinski definition) is 2. The van der Waals surface area contributed by atoms with Gasteiger partial charge in [0.15, 0.2) is 6.61 Å². The van der Waals surface area contributed by atoms with Crippen LogP contribution in [0.2, 0.25) is 0 Å². The van der Waals surface area contributed by atoms with E-state index >= 15 is 0 Å². The van der Waals surface area contributed by atoms with Gasteiger partial charge in [0, 0.05) is 11.9 Å². The molecule has 0 atom stereocenters. The number of nitrogens with zero attached hydrogens (tertiary/aromatic N) is 2. The minimum absolute atomic E-state index is 0.00975. The number of esters is 1. The molecule has 0 bridgehead atoms. The first-order valence-electron chi connectivity index (χ1n) is 8.00. The molecule has 0 spiro atoms. The first-order valence-corrected chi connectivity index (χ1v) is 9.86. The molecule has 10 heteroatoms. The Balaban J connectivity index is 1.67. The molecule has 0 aliphatic rings. The van der Waals surface area contributed by atoms with Crippen molar-refractivity contribution in [3.8, 4) is 0 Å². The summed E-state index contributed by atoms with van der Waals surface area (Å²) in [5, 5.41) is 8.14. The van der Waals surface area contributed by atoms with Crippen LogP contribution in [0.1, 0.15) is 20.3 Å². The summed E-state index contributed by atoms with van der Waals surface area (Å²) in [5.74, 6) is -0.773. The Bertz CT molecular complexity index is 778. The maximum atomic E-state index is 11.8. The molecule has 0 aliphatic heterocycles. The fourth-order valence-corrected chi connectivity index (χ4v) is 3.46. The Hall–Kier alpha value is -2.20. The van der Waals surface area contributed by atoms with Crippen molar-refractivity contribution in [3.63, 3.8) is 0 Å². The second-order valence-electron chi connectivity index (χ2n) is 5.75. The number of ether oxygens (including phenoxy) is 1. The van der Waals surface area contributed by atoms with Crippen molar-refractivity contribution in [2.24, 2.45) is 5.92 Å².